The molecule has 0 bridgehead atoms. The molecule has 6 nitrogen and oxygen atoms in total. The smallest absolute Gasteiger partial charge is 0.262 e. The predicted octanol–water partition coefficient (Wildman–Crippen LogP) is 6.48. The summed E-state index contributed by atoms with van der Waals surface area (Å²) >= 11 is 17.9. The number of nitrogens with zero attached hydrogens (tertiary/aromatic N) is 1. The van der Waals surface area contributed by atoms with Crippen LogP contribution in [0.4, 0.5) is 5.69 Å². The molecular weight excluding hydrogens is 463 g/mol. The van der Waals surface area contributed by atoms with Crippen LogP contribution < -0.4 is 14.8 Å². The maximum Gasteiger partial charge on any atom is 0.262 e. The summed E-state index contributed by atoms with van der Waals surface area (Å²) in [6.07, 6.45) is 0. The quantitative estimate of drug-likeness (QED) is 0.322. The second-order valence-corrected chi connectivity index (χ2v) is 7.69. The summed E-state index contributed by atoms with van der Waals surface area (Å²) in [5.74, 6) is 1.11. The Labute approximate surface area is 192 Å². The lowest BCUT2D eigenvalue weighted by Gasteiger charge is -2.09. The van der Waals surface area contributed by atoms with Crippen molar-refractivity contribution in [2.24, 2.45) is 0 Å². The van der Waals surface area contributed by atoms with E-state index in [0.29, 0.717) is 27.7 Å². The number of aromatic nitrogens is 1. The van der Waals surface area contributed by atoms with E-state index < -0.39 is 0 Å². The fourth-order valence-corrected chi connectivity index (χ4v) is 3.41. The molecule has 1 aromatic heterocycles. The minimum Gasteiger partial charge on any atom is -0.497 e. The zero-order valence-electron chi connectivity index (χ0n) is 16.1. The molecule has 1 heterocycles. The van der Waals surface area contributed by atoms with Gasteiger partial charge < -0.3 is 19.2 Å². The van der Waals surface area contributed by atoms with E-state index >= 15 is 0 Å². The molecular formula is C22H15Cl3N2O4. The number of ether oxygens (including phenoxy) is 2. The fourth-order valence-electron chi connectivity index (χ4n) is 2.82. The Morgan fingerprint density at radius 1 is 1.00 bits per heavy atom. The van der Waals surface area contributed by atoms with Crippen molar-refractivity contribution < 1.29 is 18.7 Å². The third-order valence-corrected chi connectivity index (χ3v) is 5.36. The molecule has 0 unspecified atom stereocenters. The lowest BCUT2D eigenvalue weighted by Crippen LogP contribution is -2.20. The number of methoxy groups -OCH3 is 1. The van der Waals surface area contributed by atoms with Crippen LogP contribution in [0.2, 0.25) is 15.1 Å². The van der Waals surface area contributed by atoms with Crippen LogP contribution in [0, 0.1) is 0 Å². The number of carbonyl (C=O) groups is 1. The Hall–Kier alpha value is -2.93. The van der Waals surface area contributed by atoms with Crippen molar-refractivity contribution in [2.75, 3.05) is 19.0 Å². The molecule has 0 radical (unpaired) electrons. The van der Waals surface area contributed by atoms with E-state index in [4.69, 9.17) is 48.7 Å². The van der Waals surface area contributed by atoms with Gasteiger partial charge in [0.25, 0.3) is 5.91 Å². The summed E-state index contributed by atoms with van der Waals surface area (Å²) in [5, 5.41) is 3.60. The summed E-state index contributed by atoms with van der Waals surface area (Å²) in [7, 11) is 1.61. The van der Waals surface area contributed by atoms with Crippen LogP contribution in [-0.4, -0.2) is 24.6 Å². The number of carbonyl (C=O) groups excluding carboxylic acids is 1. The largest absolute Gasteiger partial charge is 0.497 e. The summed E-state index contributed by atoms with van der Waals surface area (Å²) in [6, 6.07) is 15.5. The van der Waals surface area contributed by atoms with Gasteiger partial charge in [0.15, 0.2) is 12.2 Å². The molecule has 4 rings (SSSR count). The standard InChI is InChI=1S/C22H15Cl3N2O4/c1-29-14-5-2-12(3-6-14)22-27-18-8-13(4-7-19(18)31-22)26-21(28)11-30-20-10-16(24)15(23)9-17(20)25/h2-10H,11H2,1H3,(H,26,28). The number of anilines is 1. The fraction of sp³-hybridized carbons (Fsp3) is 0.0909. The molecule has 0 spiro atoms. The Morgan fingerprint density at radius 3 is 2.48 bits per heavy atom. The maximum absolute atomic E-state index is 12.3. The van der Waals surface area contributed by atoms with Crippen molar-refractivity contribution in [3.05, 3.63) is 69.7 Å². The van der Waals surface area contributed by atoms with E-state index in [1.807, 2.05) is 24.3 Å². The first-order valence-electron chi connectivity index (χ1n) is 9.05. The van der Waals surface area contributed by atoms with Crippen LogP contribution in [0.25, 0.3) is 22.6 Å². The Morgan fingerprint density at radius 2 is 1.74 bits per heavy atom. The minimum atomic E-state index is -0.375. The number of halogens is 3. The lowest BCUT2D eigenvalue weighted by molar-refractivity contribution is -0.118. The highest BCUT2D eigenvalue weighted by molar-refractivity contribution is 6.43. The molecule has 1 amide bonds. The average Bonchev–Trinajstić information content (AvgIpc) is 3.19. The van der Waals surface area contributed by atoms with Crippen LogP contribution in [0.5, 0.6) is 11.5 Å². The highest BCUT2D eigenvalue weighted by atomic mass is 35.5. The third-order valence-electron chi connectivity index (χ3n) is 4.34. The second kappa shape index (κ2) is 9.06. The van der Waals surface area contributed by atoms with Crippen molar-refractivity contribution in [3.63, 3.8) is 0 Å². The number of amides is 1. The molecule has 0 saturated heterocycles. The Balaban J connectivity index is 1.44. The number of benzene rings is 3. The monoisotopic (exact) mass is 476 g/mol. The van der Waals surface area contributed by atoms with Gasteiger partial charge >= 0.3 is 0 Å². The van der Waals surface area contributed by atoms with Crippen LogP contribution in [0.1, 0.15) is 0 Å². The highest BCUT2D eigenvalue weighted by Crippen LogP contribution is 2.34. The van der Waals surface area contributed by atoms with Gasteiger partial charge in [-0.2, -0.15) is 0 Å². The van der Waals surface area contributed by atoms with Gasteiger partial charge in [-0.1, -0.05) is 34.8 Å². The summed E-state index contributed by atoms with van der Waals surface area (Å²) < 4.78 is 16.4. The number of rotatable bonds is 6. The molecule has 158 valence electrons. The van der Waals surface area contributed by atoms with Crippen LogP contribution in [0.15, 0.2) is 59.0 Å². The van der Waals surface area contributed by atoms with Gasteiger partial charge in [-0.3, -0.25) is 4.79 Å². The van der Waals surface area contributed by atoms with Gasteiger partial charge in [0.05, 0.1) is 22.2 Å². The van der Waals surface area contributed by atoms with E-state index in [1.165, 1.54) is 12.1 Å². The van der Waals surface area contributed by atoms with Crippen molar-refractivity contribution in [2.45, 2.75) is 0 Å². The van der Waals surface area contributed by atoms with Crippen LogP contribution in [-0.2, 0) is 4.79 Å². The molecule has 4 aromatic rings. The van der Waals surface area contributed by atoms with Crippen molar-refractivity contribution in [1.82, 2.24) is 4.98 Å². The zero-order chi connectivity index (χ0) is 22.0. The van der Waals surface area contributed by atoms with Gasteiger partial charge in [-0.25, -0.2) is 4.98 Å². The number of nitrogens with one attached hydrogen (secondary N) is 1. The van der Waals surface area contributed by atoms with Gasteiger partial charge in [-0.05, 0) is 48.5 Å². The first kappa shape index (κ1) is 21.3. The summed E-state index contributed by atoms with van der Waals surface area (Å²) in [6.45, 7) is -0.258. The van der Waals surface area contributed by atoms with Crippen LogP contribution in [0.3, 0.4) is 0 Å². The van der Waals surface area contributed by atoms with Gasteiger partial charge in [0.2, 0.25) is 5.89 Å². The summed E-state index contributed by atoms with van der Waals surface area (Å²) in [4.78, 5) is 16.8. The molecule has 0 aliphatic heterocycles. The molecule has 0 fully saturated rings. The van der Waals surface area contributed by atoms with Gasteiger partial charge in [0, 0.05) is 17.3 Å². The first-order valence-corrected chi connectivity index (χ1v) is 10.2. The molecule has 9 heteroatoms. The number of hydrogen-bond acceptors (Lipinski definition) is 5. The van der Waals surface area contributed by atoms with E-state index in [9.17, 15) is 4.79 Å². The van der Waals surface area contributed by atoms with Crippen molar-refractivity contribution in [1.29, 1.82) is 0 Å². The van der Waals surface area contributed by atoms with Crippen LogP contribution >= 0.6 is 34.8 Å². The first-order chi connectivity index (χ1) is 14.9. The van der Waals surface area contributed by atoms with Crippen molar-refractivity contribution in [3.8, 4) is 23.0 Å². The number of fused-ring (bicyclic) bond motifs is 1. The van der Waals surface area contributed by atoms with E-state index in [2.05, 4.69) is 10.3 Å². The lowest BCUT2D eigenvalue weighted by atomic mass is 10.2. The topological polar surface area (TPSA) is 73.6 Å². The van der Waals surface area contributed by atoms with E-state index in [1.54, 1.807) is 25.3 Å². The predicted molar refractivity (Wildman–Crippen MR) is 122 cm³/mol. The SMILES string of the molecule is COc1ccc(-c2nc3cc(NC(=O)COc4cc(Cl)c(Cl)cc4Cl)ccc3o2)cc1. The number of oxazole rings is 1. The molecule has 3 aromatic carbocycles. The minimum absolute atomic E-state index is 0.258. The van der Waals surface area contributed by atoms with Crippen molar-refractivity contribution >= 4 is 57.5 Å². The molecule has 0 atom stereocenters. The molecule has 1 N–H and O–H groups in total. The molecule has 31 heavy (non-hydrogen) atoms. The molecule has 0 aliphatic carbocycles. The maximum atomic E-state index is 12.3. The Bertz CT molecular complexity index is 1260. The Kier molecular flexibility index (Phi) is 6.23. The average molecular weight is 478 g/mol. The zero-order valence-corrected chi connectivity index (χ0v) is 18.4. The van der Waals surface area contributed by atoms with Gasteiger partial charge in [-0.15, -0.1) is 0 Å². The second-order valence-electron chi connectivity index (χ2n) is 6.46. The number of hydrogen-bond donors (Lipinski definition) is 1. The highest BCUT2D eigenvalue weighted by Gasteiger charge is 2.12. The normalized spacial score (nSPS) is 10.8. The third kappa shape index (κ3) is 4.88. The van der Waals surface area contributed by atoms with E-state index in [0.717, 1.165) is 11.3 Å². The summed E-state index contributed by atoms with van der Waals surface area (Å²) in [5.41, 5.74) is 2.57. The van der Waals surface area contributed by atoms with Gasteiger partial charge in [0.1, 0.15) is 17.0 Å². The van der Waals surface area contributed by atoms with E-state index in [-0.39, 0.29) is 28.3 Å². The molecule has 0 aliphatic rings. The molecule has 0 saturated carbocycles.